The fraction of sp³-hybridized carbons (Fsp3) is 0.241. The Morgan fingerprint density at radius 2 is 1.59 bits per heavy atom. The minimum atomic E-state index is -0.476. The van der Waals surface area contributed by atoms with Crippen molar-refractivity contribution in [3.8, 4) is 0 Å². The van der Waals surface area contributed by atoms with E-state index < -0.39 is 6.04 Å². The van der Waals surface area contributed by atoms with E-state index in [2.05, 4.69) is 5.32 Å². The van der Waals surface area contributed by atoms with Crippen molar-refractivity contribution in [2.75, 3.05) is 25.1 Å². The van der Waals surface area contributed by atoms with Crippen molar-refractivity contribution in [2.45, 2.75) is 26.3 Å². The molecule has 0 aromatic heterocycles. The molecule has 0 bridgehead atoms. The molecule has 5 heteroatoms. The van der Waals surface area contributed by atoms with Gasteiger partial charge in [-0.15, -0.1) is 0 Å². The van der Waals surface area contributed by atoms with E-state index in [4.69, 9.17) is 4.74 Å². The van der Waals surface area contributed by atoms with Crippen LogP contribution in [0.4, 0.5) is 5.69 Å². The first-order valence-electron chi connectivity index (χ1n) is 11.7. The molecule has 1 amide bonds. The van der Waals surface area contributed by atoms with Crippen molar-refractivity contribution in [3.05, 3.63) is 113 Å². The van der Waals surface area contributed by atoms with Gasteiger partial charge in [0.2, 0.25) is 0 Å². The second-order valence-corrected chi connectivity index (χ2v) is 8.34. The maximum absolute atomic E-state index is 13.9. The van der Waals surface area contributed by atoms with Crippen LogP contribution in [0.25, 0.3) is 0 Å². The number of aryl methyl sites for hydroxylation is 1. The van der Waals surface area contributed by atoms with Crippen LogP contribution in [0.2, 0.25) is 0 Å². The summed E-state index contributed by atoms with van der Waals surface area (Å²) >= 11 is 0. The van der Waals surface area contributed by atoms with Crippen molar-refractivity contribution < 1.29 is 14.3 Å². The number of anilines is 1. The van der Waals surface area contributed by atoms with Crippen LogP contribution in [-0.2, 0) is 9.53 Å². The molecule has 0 radical (unpaired) electrons. The highest BCUT2D eigenvalue weighted by Crippen LogP contribution is 2.40. The summed E-state index contributed by atoms with van der Waals surface area (Å²) in [6.07, 6.45) is 0.688. The lowest BCUT2D eigenvalue weighted by atomic mass is 9.92. The van der Waals surface area contributed by atoms with Crippen LogP contribution in [0, 0.1) is 6.92 Å². The number of nitrogens with one attached hydrogen (secondary N) is 1. The number of rotatable bonds is 10. The fourth-order valence-electron chi connectivity index (χ4n) is 4.25. The molecule has 1 unspecified atom stereocenters. The van der Waals surface area contributed by atoms with Crippen LogP contribution in [-0.4, -0.2) is 36.3 Å². The quantitative estimate of drug-likeness (QED) is 0.322. The van der Waals surface area contributed by atoms with Gasteiger partial charge in [-0.05, 0) is 38.0 Å². The Bertz CT molecular complexity index is 1150. The third-order valence-corrected chi connectivity index (χ3v) is 5.94. The van der Waals surface area contributed by atoms with Gasteiger partial charge in [-0.2, -0.15) is 0 Å². The second-order valence-electron chi connectivity index (χ2n) is 8.34. The first-order chi connectivity index (χ1) is 16.6. The molecule has 5 nitrogen and oxygen atoms in total. The van der Waals surface area contributed by atoms with Crippen LogP contribution < -0.4 is 5.32 Å². The van der Waals surface area contributed by atoms with Gasteiger partial charge in [0, 0.05) is 31.0 Å². The third kappa shape index (κ3) is 5.10. The van der Waals surface area contributed by atoms with Gasteiger partial charge in [-0.3, -0.25) is 9.59 Å². The van der Waals surface area contributed by atoms with Gasteiger partial charge in [-0.25, -0.2) is 0 Å². The minimum Gasteiger partial charge on any atom is -0.382 e. The average molecular weight is 455 g/mol. The van der Waals surface area contributed by atoms with Gasteiger partial charge in [-0.1, -0.05) is 78.4 Å². The molecule has 0 fully saturated rings. The smallest absolute Gasteiger partial charge is 0.271 e. The number of ether oxygens (including phenoxy) is 1. The summed E-state index contributed by atoms with van der Waals surface area (Å²) in [5.74, 6) is -0.324. The summed E-state index contributed by atoms with van der Waals surface area (Å²) in [5, 5.41) is 3.29. The van der Waals surface area contributed by atoms with Crippen molar-refractivity contribution in [3.63, 3.8) is 0 Å². The monoisotopic (exact) mass is 454 g/mol. The molecule has 1 N–H and O–H groups in total. The van der Waals surface area contributed by atoms with E-state index in [0.29, 0.717) is 43.0 Å². The number of ketones is 1. The van der Waals surface area contributed by atoms with Crippen molar-refractivity contribution >= 4 is 17.4 Å². The van der Waals surface area contributed by atoms with E-state index in [-0.39, 0.29) is 11.7 Å². The molecule has 0 spiro atoms. The number of amides is 1. The van der Waals surface area contributed by atoms with E-state index in [1.807, 2.05) is 86.6 Å². The molecule has 174 valence electrons. The first kappa shape index (κ1) is 23.5. The summed E-state index contributed by atoms with van der Waals surface area (Å²) in [4.78, 5) is 29.4. The molecule has 0 saturated carbocycles. The minimum absolute atomic E-state index is 0.148. The lowest BCUT2D eigenvalue weighted by molar-refractivity contribution is -0.127. The zero-order valence-electron chi connectivity index (χ0n) is 19.7. The Morgan fingerprint density at radius 1 is 0.941 bits per heavy atom. The molecule has 0 aliphatic carbocycles. The maximum Gasteiger partial charge on any atom is 0.271 e. The molecule has 3 aromatic rings. The van der Waals surface area contributed by atoms with E-state index in [1.165, 1.54) is 0 Å². The van der Waals surface area contributed by atoms with Crippen molar-refractivity contribution in [1.82, 2.24) is 4.90 Å². The molecule has 1 aliphatic rings. The number of Topliss-reactive ketones (excluding diaryl/α,β-unsaturated/α-hetero) is 1. The molecule has 1 heterocycles. The number of hydrogen-bond donors (Lipinski definition) is 1. The second kappa shape index (κ2) is 10.9. The van der Waals surface area contributed by atoms with Crippen LogP contribution in [0.1, 0.15) is 40.9 Å². The normalized spacial score (nSPS) is 15.6. The van der Waals surface area contributed by atoms with Gasteiger partial charge >= 0.3 is 0 Å². The lowest BCUT2D eigenvalue weighted by Gasteiger charge is -2.27. The number of nitrogens with zero attached hydrogens (tertiary/aromatic N) is 1. The third-order valence-electron chi connectivity index (χ3n) is 5.94. The fourth-order valence-corrected chi connectivity index (χ4v) is 4.25. The van der Waals surface area contributed by atoms with Crippen LogP contribution in [0.5, 0.6) is 0 Å². The van der Waals surface area contributed by atoms with Gasteiger partial charge in [0.05, 0.1) is 11.6 Å². The number of carbonyl (C=O) groups is 2. The highest BCUT2D eigenvalue weighted by Gasteiger charge is 2.43. The molecule has 1 aliphatic heterocycles. The number of benzene rings is 3. The molecular weight excluding hydrogens is 424 g/mol. The molecule has 4 rings (SSSR count). The molecule has 0 saturated heterocycles. The van der Waals surface area contributed by atoms with Crippen LogP contribution in [0.3, 0.4) is 0 Å². The van der Waals surface area contributed by atoms with Crippen LogP contribution >= 0.6 is 0 Å². The Morgan fingerprint density at radius 3 is 2.24 bits per heavy atom. The topological polar surface area (TPSA) is 58.6 Å². The maximum atomic E-state index is 13.9. The highest BCUT2D eigenvalue weighted by atomic mass is 16.5. The highest BCUT2D eigenvalue weighted by molar-refractivity contribution is 6.17. The van der Waals surface area contributed by atoms with E-state index >= 15 is 0 Å². The Hall–Kier alpha value is -3.70. The predicted molar refractivity (Wildman–Crippen MR) is 135 cm³/mol. The van der Waals surface area contributed by atoms with E-state index in [1.54, 1.807) is 17.0 Å². The standard InChI is InChI=1S/C29H30N2O3/c1-3-34-20-10-19-31-27(22-11-6-4-7-12-22)25(28(32)23-13-8-5-9-14-23)26(29(31)33)30-24-17-15-21(2)16-18-24/h4-9,11-18,27,30H,3,10,19-20H2,1-2H3. The molecular formula is C29H30N2O3. The van der Waals surface area contributed by atoms with Crippen molar-refractivity contribution in [2.24, 2.45) is 0 Å². The van der Waals surface area contributed by atoms with Gasteiger partial charge in [0.25, 0.3) is 5.91 Å². The Labute approximate surface area is 201 Å². The van der Waals surface area contributed by atoms with Crippen molar-refractivity contribution in [1.29, 1.82) is 0 Å². The van der Waals surface area contributed by atoms with E-state index in [9.17, 15) is 9.59 Å². The van der Waals surface area contributed by atoms with Gasteiger partial charge < -0.3 is 15.0 Å². The average Bonchev–Trinajstić information content (AvgIpc) is 3.15. The summed E-state index contributed by atoms with van der Waals surface area (Å²) in [6.45, 7) is 5.65. The summed E-state index contributed by atoms with van der Waals surface area (Å²) in [5.41, 5.74) is 4.17. The van der Waals surface area contributed by atoms with Gasteiger partial charge in [0.1, 0.15) is 5.70 Å². The lowest BCUT2D eigenvalue weighted by Crippen LogP contribution is -2.33. The number of carbonyl (C=O) groups excluding carboxylic acids is 2. The molecule has 34 heavy (non-hydrogen) atoms. The SMILES string of the molecule is CCOCCCN1C(=O)C(Nc2ccc(C)cc2)=C(C(=O)c2ccccc2)C1c1ccccc1. The zero-order chi connectivity index (χ0) is 23.9. The summed E-state index contributed by atoms with van der Waals surface area (Å²) in [6, 6.07) is 26.3. The zero-order valence-corrected chi connectivity index (χ0v) is 19.7. The summed E-state index contributed by atoms with van der Waals surface area (Å²) in [7, 11) is 0. The Balaban J connectivity index is 1.80. The van der Waals surface area contributed by atoms with E-state index in [0.717, 1.165) is 16.8 Å². The summed E-state index contributed by atoms with van der Waals surface area (Å²) < 4.78 is 5.51. The first-order valence-corrected chi connectivity index (χ1v) is 11.7. The van der Waals surface area contributed by atoms with Gasteiger partial charge in [0.15, 0.2) is 5.78 Å². The molecule has 1 atom stereocenters. The Kier molecular flexibility index (Phi) is 7.55. The van der Waals surface area contributed by atoms with Crippen LogP contribution in [0.15, 0.2) is 96.2 Å². The largest absolute Gasteiger partial charge is 0.382 e. The number of hydrogen-bond acceptors (Lipinski definition) is 4. The predicted octanol–water partition coefficient (Wildman–Crippen LogP) is 5.55. The molecule has 3 aromatic carbocycles.